The van der Waals surface area contributed by atoms with Gasteiger partial charge in [-0.05, 0) is 37.8 Å². The molecule has 3 rings (SSSR count). The van der Waals surface area contributed by atoms with Gasteiger partial charge in [-0.1, -0.05) is 0 Å². The Labute approximate surface area is 120 Å². The minimum absolute atomic E-state index is 0.0215. The van der Waals surface area contributed by atoms with Crippen molar-refractivity contribution >= 4 is 21.3 Å². The highest BCUT2D eigenvalue weighted by molar-refractivity contribution is 7.91. The Morgan fingerprint density at radius 1 is 1.20 bits per heavy atom. The van der Waals surface area contributed by atoms with Gasteiger partial charge in [-0.15, -0.1) is 0 Å². The number of nitrogens with one attached hydrogen (secondary N) is 1. The predicted molar refractivity (Wildman–Crippen MR) is 81.0 cm³/mol. The van der Waals surface area contributed by atoms with Crippen LogP contribution >= 0.6 is 0 Å². The number of pyridine rings is 1. The van der Waals surface area contributed by atoms with Crippen molar-refractivity contribution in [1.29, 1.82) is 0 Å². The largest absolute Gasteiger partial charge is 0.380 e. The monoisotopic (exact) mass is 295 g/mol. The maximum Gasteiger partial charge on any atom is 0.152 e. The van der Waals surface area contributed by atoms with Crippen molar-refractivity contribution in [3.05, 3.63) is 18.3 Å². The Balaban J connectivity index is 1.63. The summed E-state index contributed by atoms with van der Waals surface area (Å²) >= 11 is 0. The second kappa shape index (κ2) is 5.60. The van der Waals surface area contributed by atoms with Crippen molar-refractivity contribution in [2.24, 2.45) is 0 Å². The van der Waals surface area contributed by atoms with Gasteiger partial charge in [0.25, 0.3) is 0 Å². The summed E-state index contributed by atoms with van der Waals surface area (Å²) in [6.45, 7) is 2.17. The molecular weight excluding hydrogens is 274 g/mol. The Morgan fingerprint density at radius 2 is 2.00 bits per heavy atom. The molecule has 2 aliphatic rings. The molecule has 2 saturated heterocycles. The van der Waals surface area contributed by atoms with Crippen LogP contribution in [0.1, 0.15) is 25.7 Å². The van der Waals surface area contributed by atoms with Gasteiger partial charge in [0.05, 0.1) is 23.4 Å². The van der Waals surface area contributed by atoms with E-state index < -0.39 is 9.84 Å². The van der Waals surface area contributed by atoms with E-state index in [9.17, 15) is 8.42 Å². The normalized spacial score (nSPS) is 25.6. The van der Waals surface area contributed by atoms with Gasteiger partial charge in [0.15, 0.2) is 9.84 Å². The van der Waals surface area contributed by atoms with Crippen LogP contribution in [-0.2, 0) is 9.84 Å². The van der Waals surface area contributed by atoms with Crippen molar-refractivity contribution < 1.29 is 8.42 Å². The lowest BCUT2D eigenvalue weighted by atomic mass is 10.2. The third-order valence-electron chi connectivity index (χ3n) is 4.01. The highest BCUT2D eigenvalue weighted by atomic mass is 32.2. The van der Waals surface area contributed by atoms with Crippen LogP contribution in [-0.4, -0.2) is 44.0 Å². The molecule has 5 nitrogen and oxygen atoms in total. The van der Waals surface area contributed by atoms with Crippen LogP contribution in [0, 0.1) is 0 Å². The van der Waals surface area contributed by atoms with Gasteiger partial charge in [0.1, 0.15) is 5.82 Å². The Hall–Kier alpha value is -1.30. The zero-order valence-electron chi connectivity index (χ0n) is 11.6. The smallest absolute Gasteiger partial charge is 0.152 e. The number of hydrogen-bond donors (Lipinski definition) is 1. The molecule has 3 heterocycles. The molecule has 1 unspecified atom stereocenters. The van der Waals surface area contributed by atoms with E-state index in [0.717, 1.165) is 37.4 Å². The molecule has 0 spiro atoms. The third kappa shape index (κ3) is 3.23. The lowest BCUT2D eigenvalue weighted by Gasteiger charge is -2.24. The first kappa shape index (κ1) is 13.7. The molecule has 0 aromatic carbocycles. The minimum Gasteiger partial charge on any atom is -0.380 e. The Kier molecular flexibility index (Phi) is 3.83. The highest BCUT2D eigenvalue weighted by Crippen LogP contribution is 2.21. The van der Waals surface area contributed by atoms with Crippen molar-refractivity contribution in [2.45, 2.75) is 31.7 Å². The van der Waals surface area contributed by atoms with Crippen LogP contribution < -0.4 is 10.2 Å². The van der Waals surface area contributed by atoms with Crippen LogP contribution in [0.25, 0.3) is 0 Å². The second-order valence-corrected chi connectivity index (χ2v) is 7.93. The molecule has 1 atom stereocenters. The number of rotatable bonds is 3. The van der Waals surface area contributed by atoms with Crippen LogP contribution in [0.3, 0.4) is 0 Å². The van der Waals surface area contributed by atoms with E-state index in [2.05, 4.69) is 15.2 Å². The number of anilines is 2. The average Bonchev–Trinajstić information content (AvgIpc) is 2.92. The topological polar surface area (TPSA) is 62.3 Å². The van der Waals surface area contributed by atoms with E-state index in [1.165, 1.54) is 12.8 Å². The molecular formula is C14H21N3O2S. The van der Waals surface area contributed by atoms with E-state index in [1.54, 1.807) is 0 Å². The Morgan fingerprint density at radius 3 is 2.65 bits per heavy atom. The molecule has 110 valence electrons. The molecule has 0 aliphatic carbocycles. The molecule has 1 aromatic heterocycles. The van der Waals surface area contributed by atoms with Crippen molar-refractivity contribution in [1.82, 2.24) is 4.98 Å². The number of aromatic nitrogens is 1. The zero-order valence-corrected chi connectivity index (χ0v) is 12.4. The fourth-order valence-electron chi connectivity index (χ4n) is 2.98. The van der Waals surface area contributed by atoms with Gasteiger partial charge in [-0.2, -0.15) is 0 Å². The summed E-state index contributed by atoms with van der Waals surface area (Å²) in [6, 6.07) is 4.04. The lowest BCUT2D eigenvalue weighted by molar-refractivity contribution is 0.562. The summed E-state index contributed by atoms with van der Waals surface area (Å²) in [7, 11) is -2.86. The summed E-state index contributed by atoms with van der Waals surface area (Å²) in [5, 5.41) is 3.29. The summed E-state index contributed by atoms with van der Waals surface area (Å²) in [5.41, 5.74) is 0.912. The summed E-state index contributed by atoms with van der Waals surface area (Å²) < 4.78 is 23.2. The van der Waals surface area contributed by atoms with Crippen LogP contribution in [0.2, 0.25) is 0 Å². The second-order valence-electron chi connectivity index (χ2n) is 5.70. The van der Waals surface area contributed by atoms with Crippen molar-refractivity contribution in [2.75, 3.05) is 34.8 Å². The molecule has 1 N–H and O–H groups in total. The maximum atomic E-state index is 11.6. The average molecular weight is 295 g/mol. The van der Waals surface area contributed by atoms with Crippen LogP contribution in [0.4, 0.5) is 11.5 Å². The third-order valence-corrected chi connectivity index (χ3v) is 5.83. The molecule has 0 bridgehead atoms. The minimum atomic E-state index is -2.86. The zero-order chi connectivity index (χ0) is 14.0. The molecule has 1 aromatic rings. The van der Waals surface area contributed by atoms with Crippen molar-refractivity contribution in [3.63, 3.8) is 0 Å². The molecule has 20 heavy (non-hydrogen) atoms. The summed E-state index contributed by atoms with van der Waals surface area (Å²) in [4.78, 5) is 6.76. The predicted octanol–water partition coefficient (Wildman–Crippen LogP) is 1.67. The SMILES string of the molecule is O=S1(=O)CCCC(Nc2ccc(N3CCCC3)nc2)C1. The Bertz CT molecular complexity index is 550. The number of sulfone groups is 1. The van der Waals surface area contributed by atoms with Crippen LogP contribution in [0.15, 0.2) is 18.3 Å². The molecule has 2 fully saturated rings. The fourth-order valence-corrected chi connectivity index (χ4v) is 4.61. The number of nitrogens with zero attached hydrogens (tertiary/aromatic N) is 2. The van der Waals surface area contributed by atoms with Gasteiger partial charge < -0.3 is 10.2 Å². The molecule has 0 saturated carbocycles. The van der Waals surface area contributed by atoms with E-state index in [0.29, 0.717) is 5.75 Å². The van der Waals surface area contributed by atoms with Gasteiger partial charge in [-0.3, -0.25) is 0 Å². The van der Waals surface area contributed by atoms with Gasteiger partial charge in [-0.25, -0.2) is 13.4 Å². The molecule has 6 heteroatoms. The quantitative estimate of drug-likeness (QED) is 0.919. The maximum absolute atomic E-state index is 11.6. The summed E-state index contributed by atoms with van der Waals surface area (Å²) in [6.07, 6.45) is 5.95. The lowest BCUT2D eigenvalue weighted by Crippen LogP contribution is -2.34. The van der Waals surface area contributed by atoms with E-state index in [-0.39, 0.29) is 11.8 Å². The van der Waals surface area contributed by atoms with Gasteiger partial charge in [0, 0.05) is 19.1 Å². The van der Waals surface area contributed by atoms with E-state index in [1.807, 2.05) is 18.3 Å². The van der Waals surface area contributed by atoms with Crippen molar-refractivity contribution in [3.8, 4) is 0 Å². The first-order valence-corrected chi connectivity index (χ1v) is 9.12. The van der Waals surface area contributed by atoms with Gasteiger partial charge in [0.2, 0.25) is 0 Å². The van der Waals surface area contributed by atoms with E-state index >= 15 is 0 Å². The van der Waals surface area contributed by atoms with Gasteiger partial charge >= 0.3 is 0 Å². The molecule has 0 radical (unpaired) electrons. The van der Waals surface area contributed by atoms with Crippen LogP contribution in [0.5, 0.6) is 0 Å². The molecule has 0 amide bonds. The highest BCUT2D eigenvalue weighted by Gasteiger charge is 2.24. The number of hydrogen-bond acceptors (Lipinski definition) is 5. The fraction of sp³-hybridized carbons (Fsp3) is 0.643. The van der Waals surface area contributed by atoms with E-state index in [4.69, 9.17) is 0 Å². The summed E-state index contributed by atoms with van der Waals surface area (Å²) in [5.74, 6) is 1.59. The standard InChI is InChI=1S/C14H21N3O2S/c18-20(19)9-3-4-13(11-20)16-12-5-6-14(15-10-12)17-7-1-2-8-17/h5-6,10,13,16H,1-4,7-9,11H2. The first-order valence-electron chi connectivity index (χ1n) is 7.30. The first-order chi connectivity index (χ1) is 9.62. The molecule has 2 aliphatic heterocycles.